The fourth-order valence-corrected chi connectivity index (χ4v) is 3.59. The van der Waals surface area contributed by atoms with Crippen molar-refractivity contribution < 1.29 is 0 Å². The smallest absolute Gasteiger partial charge is 0.0333 e. The van der Waals surface area contributed by atoms with Crippen molar-refractivity contribution in [3.63, 3.8) is 0 Å². The van der Waals surface area contributed by atoms with Gasteiger partial charge < -0.3 is 0 Å². The lowest BCUT2D eigenvalue weighted by Gasteiger charge is -2.30. The number of hydrogen-bond acceptors (Lipinski definition) is 3. The van der Waals surface area contributed by atoms with Gasteiger partial charge in [0.25, 0.3) is 0 Å². The highest BCUT2D eigenvalue weighted by Gasteiger charge is 2.19. The van der Waals surface area contributed by atoms with Crippen LogP contribution in [0.15, 0.2) is 91.5 Å². The second kappa shape index (κ2) is 8.11. The molecule has 27 heavy (non-hydrogen) atoms. The first-order valence-corrected chi connectivity index (χ1v) is 9.31. The summed E-state index contributed by atoms with van der Waals surface area (Å²) in [6, 6.07) is 23.7. The van der Waals surface area contributed by atoms with Crippen LogP contribution in [0.3, 0.4) is 0 Å². The molecule has 2 heterocycles. The number of rotatable bonds is 6. The van der Waals surface area contributed by atoms with Crippen molar-refractivity contribution in [1.29, 1.82) is 0 Å². The van der Waals surface area contributed by atoms with Gasteiger partial charge in [-0.15, -0.1) is 0 Å². The summed E-state index contributed by atoms with van der Waals surface area (Å²) < 4.78 is 0. The molecule has 2 aromatic carbocycles. The van der Waals surface area contributed by atoms with Gasteiger partial charge in [0, 0.05) is 43.9 Å². The van der Waals surface area contributed by atoms with Gasteiger partial charge in [0.1, 0.15) is 0 Å². The van der Waals surface area contributed by atoms with Gasteiger partial charge in [-0.2, -0.15) is 0 Å². The van der Waals surface area contributed by atoms with Crippen molar-refractivity contribution >= 4 is 10.8 Å². The number of nitrogens with zero attached hydrogens (tertiary/aromatic N) is 3. The molecule has 0 radical (unpaired) electrons. The standard InChI is InChI=1S/C24H23N3/c1-19(23-12-4-10-22-9-2-3-11-24(22)23)27(17-20-7-5-13-25-15-20)18-21-8-6-14-26-16-21/h2-16,19H,17-18H2,1H3/t19-/m1/s1. The normalized spacial score (nSPS) is 12.4. The van der Waals surface area contributed by atoms with Crippen molar-refractivity contribution in [2.75, 3.05) is 0 Å². The van der Waals surface area contributed by atoms with E-state index in [9.17, 15) is 0 Å². The summed E-state index contributed by atoms with van der Waals surface area (Å²) in [5.41, 5.74) is 3.78. The Morgan fingerprint density at radius 1 is 0.741 bits per heavy atom. The molecule has 4 aromatic rings. The van der Waals surface area contributed by atoms with Crippen LogP contribution in [0.2, 0.25) is 0 Å². The van der Waals surface area contributed by atoms with E-state index in [1.165, 1.54) is 27.5 Å². The molecule has 0 saturated heterocycles. The summed E-state index contributed by atoms with van der Waals surface area (Å²) in [4.78, 5) is 11.1. The van der Waals surface area contributed by atoms with Gasteiger partial charge in [-0.1, -0.05) is 54.6 Å². The van der Waals surface area contributed by atoms with Crippen molar-refractivity contribution in [3.05, 3.63) is 108 Å². The number of benzene rings is 2. The zero-order chi connectivity index (χ0) is 18.5. The quantitative estimate of drug-likeness (QED) is 0.465. The highest BCUT2D eigenvalue weighted by Crippen LogP contribution is 2.30. The van der Waals surface area contributed by atoms with Crippen molar-refractivity contribution in [1.82, 2.24) is 14.9 Å². The second-order valence-corrected chi connectivity index (χ2v) is 6.87. The third-order valence-electron chi connectivity index (χ3n) is 5.04. The van der Waals surface area contributed by atoms with Crippen molar-refractivity contribution in [3.8, 4) is 0 Å². The lowest BCUT2D eigenvalue weighted by molar-refractivity contribution is 0.193. The molecule has 3 nitrogen and oxygen atoms in total. The van der Waals surface area contributed by atoms with Crippen molar-refractivity contribution in [2.45, 2.75) is 26.1 Å². The van der Waals surface area contributed by atoms with Crippen molar-refractivity contribution in [2.24, 2.45) is 0 Å². The van der Waals surface area contributed by atoms with Crippen LogP contribution in [-0.2, 0) is 13.1 Å². The number of aromatic nitrogens is 2. The summed E-state index contributed by atoms with van der Waals surface area (Å²) in [6.07, 6.45) is 7.55. The van der Waals surface area contributed by atoms with Gasteiger partial charge in [-0.25, -0.2) is 0 Å². The lowest BCUT2D eigenvalue weighted by Crippen LogP contribution is -2.26. The Hall–Kier alpha value is -3.04. The minimum atomic E-state index is 0.261. The molecule has 0 aliphatic heterocycles. The fourth-order valence-electron chi connectivity index (χ4n) is 3.59. The molecule has 0 unspecified atom stereocenters. The molecule has 134 valence electrons. The first kappa shape index (κ1) is 17.4. The maximum atomic E-state index is 4.29. The molecule has 1 atom stereocenters. The molecule has 0 aliphatic carbocycles. The van der Waals surface area contributed by atoms with E-state index in [0.717, 1.165) is 13.1 Å². The zero-order valence-corrected chi connectivity index (χ0v) is 15.5. The van der Waals surface area contributed by atoms with E-state index in [1.54, 1.807) is 0 Å². The molecular formula is C24H23N3. The highest BCUT2D eigenvalue weighted by molar-refractivity contribution is 5.86. The summed E-state index contributed by atoms with van der Waals surface area (Å²) in [6.45, 7) is 3.97. The third kappa shape index (κ3) is 4.04. The molecule has 0 fully saturated rings. The zero-order valence-electron chi connectivity index (χ0n) is 15.5. The van der Waals surface area contributed by atoms with E-state index in [2.05, 4.69) is 76.4 Å². The molecule has 0 saturated carbocycles. The van der Waals surface area contributed by atoms with E-state index in [4.69, 9.17) is 0 Å². The monoisotopic (exact) mass is 353 g/mol. The van der Waals surface area contributed by atoms with E-state index < -0.39 is 0 Å². The van der Waals surface area contributed by atoms with Crippen LogP contribution in [0.25, 0.3) is 10.8 Å². The van der Waals surface area contributed by atoms with Gasteiger partial charge in [0.2, 0.25) is 0 Å². The predicted molar refractivity (Wildman–Crippen MR) is 110 cm³/mol. The van der Waals surface area contributed by atoms with E-state index in [1.807, 2.05) is 36.9 Å². The Bertz CT molecular complexity index is 953. The lowest BCUT2D eigenvalue weighted by atomic mass is 9.98. The second-order valence-electron chi connectivity index (χ2n) is 6.87. The minimum absolute atomic E-state index is 0.261. The van der Waals surface area contributed by atoms with Crippen LogP contribution < -0.4 is 0 Å². The fraction of sp³-hybridized carbons (Fsp3) is 0.167. The Labute approximate surface area is 160 Å². The number of fused-ring (bicyclic) bond motifs is 1. The minimum Gasteiger partial charge on any atom is -0.288 e. The molecule has 0 N–H and O–H groups in total. The molecule has 0 bridgehead atoms. The summed E-state index contributed by atoms with van der Waals surface area (Å²) in [5.74, 6) is 0. The van der Waals surface area contributed by atoms with E-state index >= 15 is 0 Å². The summed E-state index contributed by atoms with van der Waals surface area (Å²) in [5, 5.41) is 2.60. The highest BCUT2D eigenvalue weighted by atomic mass is 15.1. The van der Waals surface area contributed by atoms with Crippen LogP contribution in [0.4, 0.5) is 0 Å². The van der Waals surface area contributed by atoms with Crippen LogP contribution >= 0.6 is 0 Å². The Balaban J connectivity index is 1.70. The maximum absolute atomic E-state index is 4.29. The van der Waals surface area contributed by atoms with Gasteiger partial charge in [-0.05, 0) is 46.5 Å². The van der Waals surface area contributed by atoms with Gasteiger partial charge in [0.05, 0.1) is 0 Å². The Morgan fingerprint density at radius 2 is 1.37 bits per heavy atom. The van der Waals surface area contributed by atoms with Gasteiger partial charge >= 0.3 is 0 Å². The van der Waals surface area contributed by atoms with Gasteiger partial charge in [-0.3, -0.25) is 14.9 Å². The first-order chi connectivity index (χ1) is 13.3. The molecule has 0 spiro atoms. The predicted octanol–water partition coefficient (Wildman–Crippen LogP) is 5.39. The molecular weight excluding hydrogens is 330 g/mol. The molecule has 3 heteroatoms. The first-order valence-electron chi connectivity index (χ1n) is 9.31. The molecule has 0 aliphatic rings. The third-order valence-corrected chi connectivity index (χ3v) is 5.04. The van der Waals surface area contributed by atoms with Gasteiger partial charge in [0.15, 0.2) is 0 Å². The van der Waals surface area contributed by atoms with Crippen LogP contribution in [-0.4, -0.2) is 14.9 Å². The van der Waals surface area contributed by atoms with E-state index in [0.29, 0.717) is 0 Å². The Kier molecular flexibility index (Phi) is 5.22. The van der Waals surface area contributed by atoms with Crippen LogP contribution in [0, 0.1) is 0 Å². The number of pyridine rings is 2. The molecule has 0 amide bonds. The topological polar surface area (TPSA) is 29.0 Å². The largest absolute Gasteiger partial charge is 0.288 e. The Morgan fingerprint density at radius 3 is 2.00 bits per heavy atom. The summed E-state index contributed by atoms with van der Waals surface area (Å²) >= 11 is 0. The van der Waals surface area contributed by atoms with Crippen LogP contribution in [0.1, 0.15) is 29.7 Å². The average molecular weight is 353 g/mol. The molecule has 2 aromatic heterocycles. The van der Waals surface area contributed by atoms with Crippen LogP contribution in [0.5, 0.6) is 0 Å². The SMILES string of the molecule is C[C@H](c1cccc2ccccc12)N(Cc1cccnc1)Cc1cccnc1. The molecule has 4 rings (SSSR count). The summed E-state index contributed by atoms with van der Waals surface area (Å²) in [7, 11) is 0. The maximum Gasteiger partial charge on any atom is 0.0333 e. The average Bonchev–Trinajstić information content (AvgIpc) is 2.74. The van der Waals surface area contributed by atoms with E-state index in [-0.39, 0.29) is 6.04 Å². The number of hydrogen-bond donors (Lipinski definition) is 0.